The van der Waals surface area contributed by atoms with E-state index in [1.165, 1.54) is 24.7 Å². The summed E-state index contributed by atoms with van der Waals surface area (Å²) in [4.78, 5) is 40.4. The zero-order chi connectivity index (χ0) is 30.5. The molecule has 3 atom stereocenters. The summed E-state index contributed by atoms with van der Waals surface area (Å²) in [5.74, 6) is -1.36. The number of benzene rings is 1. The topological polar surface area (TPSA) is 156 Å². The van der Waals surface area contributed by atoms with Gasteiger partial charge in [0.2, 0.25) is 0 Å². The predicted molar refractivity (Wildman–Crippen MR) is 156 cm³/mol. The Bertz CT molecular complexity index is 1890. The highest BCUT2D eigenvalue weighted by Crippen LogP contribution is 2.47. The lowest BCUT2D eigenvalue weighted by molar-refractivity contribution is -0.129. The number of allylic oxidation sites excluding steroid dienone is 1. The fourth-order valence-electron chi connectivity index (χ4n) is 6.39. The van der Waals surface area contributed by atoms with Crippen molar-refractivity contribution in [1.29, 1.82) is 5.26 Å². The highest BCUT2D eigenvalue weighted by molar-refractivity contribution is 6.04. The molecule has 0 radical (unpaired) electrons. The standard InChI is InChI=1S/C31H27F2N9O2/c32-20-7-8-36-25(12-20)39-30(43)18-5-6-21(22(33)11-18)27-26-28(35)37-15-38-29(26)42(40-27)24-10-17-9-23(24)41(14-17)31(44)19(13-34)4-3-16-1-2-16/h4-8,11-12,15-17,23-24H,1-3,9-10,14H2,(H2,35,37,38)(H,36,39,43)/t17-,23-,24+/m1/s1. The summed E-state index contributed by atoms with van der Waals surface area (Å²) in [7, 11) is 0. The van der Waals surface area contributed by atoms with Crippen LogP contribution in [0.25, 0.3) is 22.3 Å². The SMILES string of the molecule is N#CC(=CCC1CC1)C(=O)N1C[C@@H]2C[C@@H]1[C@@H](n1nc(-c3ccc(C(=O)Nc4cc(F)ccn4)cc3F)c3c(N)ncnc31)C2. The van der Waals surface area contributed by atoms with Crippen LogP contribution in [0.5, 0.6) is 0 Å². The number of hydrogen-bond donors (Lipinski definition) is 2. The number of carbonyl (C=O) groups is 2. The highest BCUT2D eigenvalue weighted by atomic mass is 19.1. The van der Waals surface area contributed by atoms with Gasteiger partial charge in [0, 0.05) is 29.9 Å². The van der Waals surface area contributed by atoms with E-state index in [1.807, 2.05) is 0 Å². The molecule has 44 heavy (non-hydrogen) atoms. The molecule has 222 valence electrons. The maximum absolute atomic E-state index is 15.6. The minimum atomic E-state index is -0.733. The zero-order valence-corrected chi connectivity index (χ0v) is 23.5. The number of pyridine rings is 1. The summed E-state index contributed by atoms with van der Waals surface area (Å²) in [6.45, 7) is 0.564. The maximum Gasteiger partial charge on any atom is 0.264 e. The summed E-state index contributed by atoms with van der Waals surface area (Å²) in [5, 5.41) is 17.3. The molecule has 0 spiro atoms. The normalized spacial score (nSPS) is 21.1. The smallest absolute Gasteiger partial charge is 0.264 e. The second-order valence-electron chi connectivity index (χ2n) is 11.6. The zero-order valence-electron chi connectivity index (χ0n) is 23.5. The highest BCUT2D eigenvalue weighted by Gasteiger charge is 2.49. The largest absolute Gasteiger partial charge is 0.383 e. The molecule has 3 fully saturated rings. The molecule has 2 bridgehead atoms. The third kappa shape index (κ3) is 4.92. The third-order valence-electron chi connectivity index (χ3n) is 8.70. The molecule has 3 aromatic heterocycles. The summed E-state index contributed by atoms with van der Waals surface area (Å²) >= 11 is 0. The van der Waals surface area contributed by atoms with Gasteiger partial charge in [0.05, 0.1) is 17.5 Å². The van der Waals surface area contributed by atoms with E-state index in [1.54, 1.807) is 15.7 Å². The van der Waals surface area contributed by atoms with Crippen LogP contribution in [0.2, 0.25) is 0 Å². The molecule has 4 aromatic rings. The number of nitrogens with two attached hydrogens (primary N) is 1. The van der Waals surface area contributed by atoms with Crippen LogP contribution in [0.3, 0.4) is 0 Å². The second kappa shape index (κ2) is 10.8. The molecule has 2 amide bonds. The Labute approximate surface area is 250 Å². The number of rotatable bonds is 7. The molecule has 3 aliphatic rings. The monoisotopic (exact) mass is 595 g/mol. The van der Waals surface area contributed by atoms with E-state index < -0.39 is 17.5 Å². The number of anilines is 2. The lowest BCUT2D eigenvalue weighted by Crippen LogP contribution is -2.43. The first kappa shape index (κ1) is 27.6. The molecule has 11 nitrogen and oxygen atoms in total. The first-order valence-electron chi connectivity index (χ1n) is 14.4. The Morgan fingerprint density at radius 1 is 1.11 bits per heavy atom. The van der Waals surface area contributed by atoms with Crippen molar-refractivity contribution in [2.45, 2.75) is 44.2 Å². The van der Waals surface area contributed by atoms with Crippen LogP contribution in [0, 0.1) is 34.8 Å². The van der Waals surface area contributed by atoms with Gasteiger partial charge in [0.15, 0.2) is 5.65 Å². The fourth-order valence-corrected chi connectivity index (χ4v) is 6.39. The van der Waals surface area contributed by atoms with Crippen molar-refractivity contribution in [1.82, 2.24) is 29.6 Å². The van der Waals surface area contributed by atoms with E-state index in [2.05, 4.69) is 26.3 Å². The summed E-state index contributed by atoms with van der Waals surface area (Å²) < 4.78 is 30.9. The number of nitrogens with one attached hydrogen (secondary N) is 1. The molecule has 1 aromatic carbocycles. The average molecular weight is 596 g/mol. The molecule has 3 N–H and O–H groups in total. The molecular weight excluding hydrogens is 568 g/mol. The van der Waals surface area contributed by atoms with Crippen molar-refractivity contribution in [2.75, 3.05) is 17.6 Å². The maximum atomic E-state index is 15.6. The number of amides is 2. The number of nitrogen functional groups attached to an aromatic ring is 1. The number of aromatic nitrogens is 5. The van der Waals surface area contributed by atoms with Crippen LogP contribution < -0.4 is 11.1 Å². The van der Waals surface area contributed by atoms with Crippen molar-refractivity contribution in [3.63, 3.8) is 0 Å². The number of hydrogen-bond acceptors (Lipinski definition) is 8. The van der Waals surface area contributed by atoms with Crippen LogP contribution in [-0.2, 0) is 4.79 Å². The minimum Gasteiger partial charge on any atom is -0.383 e. The number of fused-ring (bicyclic) bond motifs is 3. The molecule has 0 unspecified atom stereocenters. The van der Waals surface area contributed by atoms with Crippen molar-refractivity contribution >= 4 is 34.5 Å². The van der Waals surface area contributed by atoms with Gasteiger partial charge in [-0.2, -0.15) is 10.4 Å². The van der Waals surface area contributed by atoms with Crippen molar-refractivity contribution in [2.24, 2.45) is 11.8 Å². The first-order chi connectivity index (χ1) is 21.3. The van der Waals surface area contributed by atoms with Gasteiger partial charge >= 0.3 is 0 Å². The first-order valence-corrected chi connectivity index (χ1v) is 14.4. The molecule has 2 saturated carbocycles. The Hall–Kier alpha value is -5.25. The number of piperidine rings is 1. The molecule has 13 heteroatoms. The Morgan fingerprint density at radius 2 is 1.93 bits per heavy atom. The lowest BCUT2D eigenvalue weighted by Gasteiger charge is -2.33. The van der Waals surface area contributed by atoms with Crippen LogP contribution in [0.15, 0.2) is 54.5 Å². The van der Waals surface area contributed by atoms with Crippen molar-refractivity contribution < 1.29 is 18.4 Å². The molecule has 2 aliphatic carbocycles. The van der Waals surface area contributed by atoms with Gasteiger partial charge in [-0.3, -0.25) is 9.59 Å². The van der Waals surface area contributed by atoms with E-state index in [-0.39, 0.29) is 57.9 Å². The van der Waals surface area contributed by atoms with Gasteiger partial charge in [-0.05, 0) is 68.2 Å². The van der Waals surface area contributed by atoms with Gasteiger partial charge in [-0.15, -0.1) is 0 Å². The third-order valence-corrected chi connectivity index (χ3v) is 8.70. The van der Waals surface area contributed by atoms with Gasteiger partial charge < -0.3 is 16.0 Å². The van der Waals surface area contributed by atoms with Gasteiger partial charge in [0.1, 0.15) is 46.9 Å². The number of nitriles is 1. The van der Waals surface area contributed by atoms with Crippen LogP contribution in [0.1, 0.15) is 48.5 Å². The number of carbonyl (C=O) groups excluding carboxylic acids is 2. The van der Waals surface area contributed by atoms with Crippen LogP contribution in [-0.4, -0.2) is 54.0 Å². The number of halogens is 2. The molecule has 7 rings (SSSR count). The van der Waals surface area contributed by atoms with Crippen LogP contribution in [0.4, 0.5) is 20.4 Å². The lowest BCUT2D eigenvalue weighted by atomic mass is 10.0. The Balaban J connectivity index is 1.20. The Kier molecular flexibility index (Phi) is 6.76. The number of likely N-dealkylation sites (tertiary alicyclic amines) is 1. The molecule has 1 aliphatic heterocycles. The van der Waals surface area contributed by atoms with Gasteiger partial charge in [-0.1, -0.05) is 6.08 Å². The number of nitrogens with zero attached hydrogens (tertiary/aromatic N) is 7. The molecule has 4 heterocycles. The van der Waals surface area contributed by atoms with E-state index in [9.17, 15) is 19.2 Å². The van der Waals surface area contributed by atoms with Crippen molar-refractivity contribution in [3.05, 3.63) is 71.7 Å². The van der Waals surface area contributed by atoms with E-state index in [0.29, 0.717) is 23.5 Å². The van der Waals surface area contributed by atoms with Gasteiger partial charge in [0.25, 0.3) is 11.8 Å². The van der Waals surface area contributed by atoms with E-state index in [4.69, 9.17) is 10.8 Å². The van der Waals surface area contributed by atoms with Crippen molar-refractivity contribution in [3.8, 4) is 17.3 Å². The van der Waals surface area contributed by atoms with Gasteiger partial charge in [-0.25, -0.2) is 28.4 Å². The summed E-state index contributed by atoms with van der Waals surface area (Å²) in [5.41, 5.74) is 7.12. The second-order valence-corrected chi connectivity index (χ2v) is 11.6. The van der Waals surface area contributed by atoms with E-state index in [0.717, 1.165) is 50.3 Å². The molecular formula is C31H27F2N9O2. The van der Waals surface area contributed by atoms with E-state index >= 15 is 4.39 Å². The molecule has 1 saturated heterocycles. The Morgan fingerprint density at radius 3 is 2.66 bits per heavy atom. The average Bonchev–Trinajstić information content (AvgIpc) is 3.42. The summed E-state index contributed by atoms with van der Waals surface area (Å²) in [6, 6.07) is 7.71. The van der Waals surface area contributed by atoms with Crippen LogP contribution >= 0.6 is 0 Å². The minimum absolute atomic E-state index is 0.00411. The summed E-state index contributed by atoms with van der Waals surface area (Å²) in [6.07, 6.45) is 8.77. The quantitative estimate of drug-likeness (QED) is 0.235. The fraction of sp³-hybridized carbons (Fsp3) is 0.323. The predicted octanol–water partition coefficient (Wildman–Crippen LogP) is 4.41.